The standard InChI is InChI=1S/C23H23FN4O4S/c1-15(29)27-9-11-28(12-10-27)22(30)17-5-8-19(31-2)20(14-17)32-23-25-21(26-33-23)13-16-3-6-18(24)7-4-16/h3-8,14H,9-13H2,1-2H3. The Balaban J connectivity index is 1.46. The quantitative estimate of drug-likeness (QED) is 0.549. The maximum Gasteiger partial charge on any atom is 0.298 e. The third-order valence-electron chi connectivity index (χ3n) is 5.35. The van der Waals surface area contributed by atoms with Crippen LogP contribution in [0.15, 0.2) is 42.5 Å². The SMILES string of the molecule is COc1ccc(C(=O)N2CCN(C(C)=O)CC2)cc1Oc1nc(Cc2ccc(F)cc2)ns1. The van der Waals surface area contributed by atoms with E-state index in [1.165, 1.54) is 26.2 Å². The third kappa shape index (κ3) is 5.46. The molecule has 1 saturated heterocycles. The molecule has 0 bridgehead atoms. The topological polar surface area (TPSA) is 84.9 Å². The van der Waals surface area contributed by atoms with Gasteiger partial charge in [-0.1, -0.05) is 12.1 Å². The van der Waals surface area contributed by atoms with E-state index >= 15 is 0 Å². The molecule has 0 radical (unpaired) electrons. The molecule has 0 spiro atoms. The number of nitrogens with zero attached hydrogens (tertiary/aromatic N) is 4. The number of carbonyl (C=O) groups excluding carboxylic acids is 2. The van der Waals surface area contributed by atoms with Crippen LogP contribution >= 0.6 is 11.5 Å². The Labute approximate surface area is 194 Å². The van der Waals surface area contributed by atoms with Gasteiger partial charge < -0.3 is 19.3 Å². The van der Waals surface area contributed by atoms with E-state index in [2.05, 4.69) is 9.36 Å². The first-order chi connectivity index (χ1) is 15.9. The summed E-state index contributed by atoms with van der Waals surface area (Å²) in [6.07, 6.45) is 0.446. The molecule has 0 N–H and O–H groups in total. The number of hydrogen-bond acceptors (Lipinski definition) is 7. The lowest BCUT2D eigenvalue weighted by molar-refractivity contribution is -0.130. The van der Waals surface area contributed by atoms with Crippen LogP contribution in [0.4, 0.5) is 4.39 Å². The van der Waals surface area contributed by atoms with E-state index in [4.69, 9.17) is 9.47 Å². The molecule has 1 aromatic heterocycles. The van der Waals surface area contributed by atoms with Crippen LogP contribution in [0.1, 0.15) is 28.7 Å². The molecule has 0 aliphatic carbocycles. The zero-order valence-electron chi connectivity index (χ0n) is 18.3. The van der Waals surface area contributed by atoms with E-state index in [9.17, 15) is 14.0 Å². The van der Waals surface area contributed by atoms with E-state index in [-0.39, 0.29) is 17.6 Å². The number of methoxy groups -OCH3 is 1. The van der Waals surface area contributed by atoms with Gasteiger partial charge in [0, 0.05) is 56.6 Å². The predicted molar refractivity (Wildman–Crippen MR) is 120 cm³/mol. The van der Waals surface area contributed by atoms with Gasteiger partial charge in [0.15, 0.2) is 17.3 Å². The Hall–Kier alpha value is -3.53. The molecule has 172 valence electrons. The molecule has 0 unspecified atom stereocenters. The second kappa shape index (κ2) is 9.95. The molecule has 0 saturated carbocycles. The van der Waals surface area contributed by atoms with E-state index in [1.807, 2.05) is 0 Å². The molecule has 4 rings (SSSR count). The zero-order chi connectivity index (χ0) is 23.4. The summed E-state index contributed by atoms with van der Waals surface area (Å²) in [4.78, 5) is 32.3. The van der Waals surface area contributed by atoms with Gasteiger partial charge in [-0.2, -0.15) is 9.36 Å². The van der Waals surface area contributed by atoms with Crippen molar-refractivity contribution in [3.05, 3.63) is 65.2 Å². The van der Waals surface area contributed by atoms with Gasteiger partial charge in [0.25, 0.3) is 11.1 Å². The lowest BCUT2D eigenvalue weighted by atomic mass is 10.1. The van der Waals surface area contributed by atoms with Crippen molar-refractivity contribution < 1.29 is 23.5 Å². The van der Waals surface area contributed by atoms with Crippen molar-refractivity contribution in [3.8, 4) is 16.7 Å². The van der Waals surface area contributed by atoms with Crippen LogP contribution in [0.3, 0.4) is 0 Å². The lowest BCUT2D eigenvalue weighted by Crippen LogP contribution is -2.50. The highest BCUT2D eigenvalue weighted by Gasteiger charge is 2.24. The number of carbonyl (C=O) groups is 2. The van der Waals surface area contributed by atoms with Gasteiger partial charge in [0.1, 0.15) is 5.82 Å². The van der Waals surface area contributed by atoms with Gasteiger partial charge >= 0.3 is 0 Å². The molecule has 2 aromatic carbocycles. The molecular weight excluding hydrogens is 447 g/mol. The number of halogens is 1. The Morgan fingerprint density at radius 3 is 2.39 bits per heavy atom. The number of aromatic nitrogens is 2. The highest BCUT2D eigenvalue weighted by molar-refractivity contribution is 7.07. The first-order valence-corrected chi connectivity index (χ1v) is 11.2. The van der Waals surface area contributed by atoms with Gasteiger partial charge in [-0.25, -0.2) is 4.39 Å². The second-order valence-corrected chi connectivity index (χ2v) is 8.26. The Bertz CT molecular complexity index is 1140. The van der Waals surface area contributed by atoms with Crippen LogP contribution in [-0.2, 0) is 11.2 Å². The average Bonchev–Trinajstić information content (AvgIpc) is 3.26. The summed E-state index contributed by atoms with van der Waals surface area (Å²) in [6, 6.07) is 11.1. The normalized spacial score (nSPS) is 13.7. The number of amides is 2. The summed E-state index contributed by atoms with van der Waals surface area (Å²) in [5.74, 6) is 0.948. The summed E-state index contributed by atoms with van der Waals surface area (Å²) in [7, 11) is 1.52. The number of piperazine rings is 1. The van der Waals surface area contributed by atoms with Gasteiger partial charge in [-0.15, -0.1) is 0 Å². The van der Waals surface area contributed by atoms with Crippen molar-refractivity contribution in [2.45, 2.75) is 13.3 Å². The fourth-order valence-corrected chi connectivity index (χ4v) is 4.09. The molecule has 33 heavy (non-hydrogen) atoms. The van der Waals surface area contributed by atoms with E-state index in [1.54, 1.807) is 40.1 Å². The summed E-state index contributed by atoms with van der Waals surface area (Å²) in [6.45, 7) is 3.51. The van der Waals surface area contributed by atoms with Crippen LogP contribution in [0.25, 0.3) is 0 Å². The fraction of sp³-hybridized carbons (Fsp3) is 0.304. The van der Waals surface area contributed by atoms with Crippen LogP contribution in [0.2, 0.25) is 0 Å². The first-order valence-electron chi connectivity index (χ1n) is 10.4. The Kier molecular flexibility index (Phi) is 6.83. The van der Waals surface area contributed by atoms with Crippen LogP contribution in [0, 0.1) is 5.82 Å². The number of ether oxygens (including phenoxy) is 2. The highest BCUT2D eigenvalue weighted by Crippen LogP contribution is 2.33. The lowest BCUT2D eigenvalue weighted by Gasteiger charge is -2.34. The van der Waals surface area contributed by atoms with Gasteiger partial charge in [-0.3, -0.25) is 9.59 Å². The second-order valence-electron chi connectivity index (χ2n) is 7.55. The Morgan fingerprint density at radius 2 is 1.73 bits per heavy atom. The molecule has 1 aliphatic heterocycles. The summed E-state index contributed by atoms with van der Waals surface area (Å²) in [5.41, 5.74) is 1.34. The maximum absolute atomic E-state index is 13.1. The van der Waals surface area contributed by atoms with Crippen LogP contribution in [0.5, 0.6) is 16.7 Å². The minimum Gasteiger partial charge on any atom is -0.493 e. The number of hydrogen-bond donors (Lipinski definition) is 0. The van der Waals surface area contributed by atoms with Crippen LogP contribution in [-0.4, -0.2) is 64.3 Å². The molecular formula is C23H23FN4O4S. The molecule has 8 nitrogen and oxygen atoms in total. The largest absolute Gasteiger partial charge is 0.493 e. The zero-order valence-corrected chi connectivity index (χ0v) is 19.1. The smallest absolute Gasteiger partial charge is 0.298 e. The van der Waals surface area contributed by atoms with E-state index in [0.29, 0.717) is 60.7 Å². The van der Waals surface area contributed by atoms with Crippen molar-refractivity contribution in [2.24, 2.45) is 0 Å². The molecule has 2 amide bonds. The summed E-state index contributed by atoms with van der Waals surface area (Å²) in [5, 5.41) is 0.310. The number of rotatable bonds is 6. The molecule has 3 aromatic rings. The molecule has 0 atom stereocenters. The molecule has 2 heterocycles. The van der Waals surface area contributed by atoms with Crippen LogP contribution < -0.4 is 9.47 Å². The number of benzene rings is 2. The van der Waals surface area contributed by atoms with E-state index in [0.717, 1.165) is 17.1 Å². The summed E-state index contributed by atoms with van der Waals surface area (Å²) >= 11 is 1.09. The third-order valence-corrected chi connectivity index (χ3v) is 5.98. The maximum atomic E-state index is 13.1. The van der Waals surface area contributed by atoms with Crippen molar-refractivity contribution in [1.29, 1.82) is 0 Å². The van der Waals surface area contributed by atoms with Gasteiger partial charge in [0.05, 0.1) is 7.11 Å². The molecule has 1 fully saturated rings. The minimum absolute atomic E-state index is 0.0121. The average molecular weight is 471 g/mol. The van der Waals surface area contributed by atoms with Crippen molar-refractivity contribution >= 4 is 23.3 Å². The predicted octanol–water partition coefficient (Wildman–Crippen LogP) is 3.37. The monoisotopic (exact) mass is 470 g/mol. The van der Waals surface area contributed by atoms with Gasteiger partial charge in [-0.05, 0) is 35.9 Å². The molecule has 10 heteroatoms. The summed E-state index contributed by atoms with van der Waals surface area (Å²) < 4.78 is 28.7. The molecule has 1 aliphatic rings. The first kappa shape index (κ1) is 22.7. The van der Waals surface area contributed by atoms with Crippen molar-refractivity contribution in [3.63, 3.8) is 0 Å². The fourth-order valence-electron chi connectivity index (χ4n) is 3.53. The van der Waals surface area contributed by atoms with Crippen molar-refractivity contribution in [2.75, 3.05) is 33.3 Å². The van der Waals surface area contributed by atoms with Gasteiger partial charge in [0.2, 0.25) is 5.91 Å². The minimum atomic E-state index is -0.295. The van der Waals surface area contributed by atoms with E-state index < -0.39 is 0 Å². The highest BCUT2D eigenvalue weighted by atomic mass is 32.1. The van der Waals surface area contributed by atoms with Crippen molar-refractivity contribution in [1.82, 2.24) is 19.2 Å². The Morgan fingerprint density at radius 1 is 1.03 bits per heavy atom.